The van der Waals surface area contributed by atoms with Gasteiger partial charge in [0.05, 0.1) is 6.10 Å². The lowest BCUT2D eigenvalue weighted by atomic mass is 9.92. The highest BCUT2D eigenvalue weighted by Gasteiger charge is 2.25. The van der Waals surface area contributed by atoms with Crippen molar-refractivity contribution >= 4 is 11.8 Å². The highest BCUT2D eigenvalue weighted by atomic mass is 32.2. The first-order chi connectivity index (χ1) is 14.7. The summed E-state index contributed by atoms with van der Waals surface area (Å²) in [6.45, 7) is 5.52. The lowest BCUT2D eigenvalue weighted by Crippen LogP contribution is -2.37. The van der Waals surface area contributed by atoms with Crippen LogP contribution in [0.2, 0.25) is 0 Å². The number of aryl methyl sites for hydroxylation is 2. The maximum absolute atomic E-state index is 6.36. The fourth-order valence-corrected chi connectivity index (χ4v) is 5.21. The molecule has 1 atom stereocenters. The van der Waals surface area contributed by atoms with E-state index in [-0.39, 0.29) is 6.10 Å². The van der Waals surface area contributed by atoms with Crippen LogP contribution in [-0.2, 0) is 6.42 Å². The first-order valence-electron chi connectivity index (χ1n) is 11.6. The Labute approximate surface area is 185 Å². The Hall–Kier alpha value is -1.65. The van der Waals surface area contributed by atoms with Crippen molar-refractivity contribution in [1.82, 2.24) is 5.32 Å². The van der Waals surface area contributed by atoms with Crippen LogP contribution in [0.4, 0.5) is 0 Å². The zero-order chi connectivity index (χ0) is 20.8. The van der Waals surface area contributed by atoms with Crippen molar-refractivity contribution in [3.63, 3.8) is 0 Å². The second kappa shape index (κ2) is 10.6. The topological polar surface area (TPSA) is 30.5 Å². The van der Waals surface area contributed by atoms with Crippen molar-refractivity contribution in [3.05, 3.63) is 59.2 Å². The molecule has 0 saturated heterocycles. The van der Waals surface area contributed by atoms with Crippen LogP contribution in [0.25, 0.3) is 0 Å². The van der Waals surface area contributed by atoms with E-state index < -0.39 is 0 Å². The summed E-state index contributed by atoms with van der Waals surface area (Å²) in [5, 5.41) is 3.71. The summed E-state index contributed by atoms with van der Waals surface area (Å²) >= 11 is 2.01. The van der Waals surface area contributed by atoms with Crippen molar-refractivity contribution in [2.45, 2.75) is 70.6 Å². The van der Waals surface area contributed by atoms with Crippen molar-refractivity contribution in [2.75, 3.05) is 18.1 Å². The van der Waals surface area contributed by atoms with Gasteiger partial charge in [-0.05, 0) is 86.1 Å². The molecule has 1 fully saturated rings. The normalized spacial score (nSPS) is 23.5. The van der Waals surface area contributed by atoms with Gasteiger partial charge < -0.3 is 14.8 Å². The maximum Gasteiger partial charge on any atom is 0.124 e. The Balaban J connectivity index is 1.28. The fourth-order valence-electron chi connectivity index (χ4n) is 4.66. The highest BCUT2D eigenvalue weighted by Crippen LogP contribution is 2.38. The van der Waals surface area contributed by atoms with Crippen molar-refractivity contribution in [2.24, 2.45) is 0 Å². The molecule has 2 aromatic rings. The van der Waals surface area contributed by atoms with Crippen molar-refractivity contribution in [3.8, 4) is 11.5 Å². The number of thioether (sulfide) groups is 1. The lowest BCUT2D eigenvalue weighted by Gasteiger charge is -2.31. The molecule has 0 aromatic heterocycles. The second-order valence-electron chi connectivity index (χ2n) is 8.51. The molecule has 2 aliphatic rings. The number of nitrogens with one attached hydrogen (secondary N) is 1. The molecule has 3 nitrogen and oxygen atoms in total. The molecule has 1 unspecified atom stereocenters. The minimum Gasteiger partial charge on any atom is -0.490 e. The summed E-state index contributed by atoms with van der Waals surface area (Å²) in [4.78, 5) is 0. The molecule has 1 aliphatic carbocycles. The minimum atomic E-state index is 0.156. The monoisotopic (exact) mass is 425 g/mol. The molecule has 4 rings (SSSR count). The van der Waals surface area contributed by atoms with Crippen LogP contribution in [-0.4, -0.2) is 30.2 Å². The van der Waals surface area contributed by atoms with Gasteiger partial charge in [-0.25, -0.2) is 0 Å². The van der Waals surface area contributed by atoms with Gasteiger partial charge in [-0.3, -0.25) is 0 Å². The van der Waals surface area contributed by atoms with E-state index in [9.17, 15) is 0 Å². The number of ether oxygens (including phenoxy) is 2. The Bertz CT molecular complexity index is 816. The molecular formula is C26H35NO2S. The van der Waals surface area contributed by atoms with Gasteiger partial charge in [-0.15, -0.1) is 0 Å². The third-order valence-electron chi connectivity index (χ3n) is 6.37. The molecule has 1 heterocycles. The SMILES string of the molecule is CCSCCNC1CCC(Oc2ccc3c(c2)CCC(c2ccccc2C)O3)CC1. The summed E-state index contributed by atoms with van der Waals surface area (Å²) in [6, 6.07) is 15.6. The third-order valence-corrected chi connectivity index (χ3v) is 7.27. The van der Waals surface area contributed by atoms with Crippen LogP contribution >= 0.6 is 11.8 Å². The average molecular weight is 426 g/mol. The van der Waals surface area contributed by atoms with Gasteiger partial charge in [0.1, 0.15) is 17.6 Å². The lowest BCUT2D eigenvalue weighted by molar-refractivity contribution is 0.139. The molecule has 162 valence electrons. The second-order valence-corrected chi connectivity index (χ2v) is 9.91. The summed E-state index contributed by atoms with van der Waals surface area (Å²) < 4.78 is 12.7. The Morgan fingerprint density at radius 2 is 1.90 bits per heavy atom. The first-order valence-corrected chi connectivity index (χ1v) is 12.7. The first kappa shape index (κ1) is 21.6. The zero-order valence-corrected chi connectivity index (χ0v) is 19.2. The van der Waals surface area contributed by atoms with E-state index >= 15 is 0 Å². The third kappa shape index (κ3) is 5.53. The summed E-state index contributed by atoms with van der Waals surface area (Å²) in [7, 11) is 0. The zero-order valence-electron chi connectivity index (χ0n) is 18.4. The molecule has 0 amide bonds. The number of benzene rings is 2. The van der Waals surface area contributed by atoms with Gasteiger partial charge in [-0.1, -0.05) is 31.2 Å². The summed E-state index contributed by atoms with van der Waals surface area (Å²) in [5.41, 5.74) is 3.89. The van der Waals surface area contributed by atoms with Gasteiger partial charge in [0, 0.05) is 18.3 Å². The number of hydrogen-bond acceptors (Lipinski definition) is 4. The standard InChI is InChI=1S/C26H35NO2S/c1-3-30-17-16-27-21-9-11-22(12-10-21)28-23-13-15-25-20(18-23)8-14-26(29-25)24-7-5-4-6-19(24)2/h4-7,13,15,18,21-22,26-27H,3,8-12,14,16-17H2,1-2H3. The van der Waals surface area contributed by atoms with E-state index in [2.05, 4.69) is 61.6 Å². The Morgan fingerprint density at radius 3 is 2.70 bits per heavy atom. The van der Waals surface area contributed by atoms with Crippen molar-refractivity contribution in [1.29, 1.82) is 0 Å². The quantitative estimate of drug-likeness (QED) is 0.518. The molecule has 1 aliphatic heterocycles. The number of fused-ring (bicyclic) bond motifs is 1. The number of hydrogen-bond donors (Lipinski definition) is 1. The van der Waals surface area contributed by atoms with E-state index in [4.69, 9.17) is 9.47 Å². The van der Waals surface area contributed by atoms with Crippen molar-refractivity contribution < 1.29 is 9.47 Å². The minimum absolute atomic E-state index is 0.156. The molecular weight excluding hydrogens is 390 g/mol. The van der Waals surface area contributed by atoms with Gasteiger partial charge in [-0.2, -0.15) is 11.8 Å². The molecule has 1 N–H and O–H groups in total. The van der Waals surface area contributed by atoms with E-state index in [0.717, 1.165) is 43.7 Å². The molecule has 0 bridgehead atoms. The molecule has 2 aromatic carbocycles. The van der Waals surface area contributed by atoms with Gasteiger partial charge in [0.15, 0.2) is 0 Å². The van der Waals surface area contributed by atoms with Crippen LogP contribution in [0.15, 0.2) is 42.5 Å². The smallest absolute Gasteiger partial charge is 0.124 e. The van der Waals surface area contributed by atoms with Gasteiger partial charge in [0.2, 0.25) is 0 Å². The van der Waals surface area contributed by atoms with Crippen LogP contribution < -0.4 is 14.8 Å². The number of rotatable bonds is 8. The van der Waals surface area contributed by atoms with E-state index in [1.54, 1.807) is 0 Å². The van der Waals surface area contributed by atoms with Crippen LogP contribution in [0.5, 0.6) is 11.5 Å². The van der Waals surface area contributed by atoms with Crippen LogP contribution in [0.1, 0.15) is 61.8 Å². The van der Waals surface area contributed by atoms with Crippen LogP contribution in [0, 0.1) is 6.92 Å². The van der Waals surface area contributed by atoms with Crippen LogP contribution in [0.3, 0.4) is 0 Å². The highest BCUT2D eigenvalue weighted by molar-refractivity contribution is 7.99. The predicted octanol–water partition coefficient (Wildman–Crippen LogP) is 6.09. The van der Waals surface area contributed by atoms with Gasteiger partial charge in [0.25, 0.3) is 0 Å². The molecule has 4 heteroatoms. The fraction of sp³-hybridized carbons (Fsp3) is 0.538. The molecule has 0 spiro atoms. The predicted molar refractivity (Wildman–Crippen MR) is 127 cm³/mol. The van der Waals surface area contributed by atoms with Gasteiger partial charge >= 0.3 is 0 Å². The van der Waals surface area contributed by atoms with E-state index in [1.165, 1.54) is 41.0 Å². The average Bonchev–Trinajstić information content (AvgIpc) is 2.78. The Morgan fingerprint density at radius 1 is 1.07 bits per heavy atom. The summed E-state index contributed by atoms with van der Waals surface area (Å²) in [5.74, 6) is 4.44. The molecule has 0 radical (unpaired) electrons. The largest absolute Gasteiger partial charge is 0.490 e. The maximum atomic E-state index is 6.36. The van der Waals surface area contributed by atoms with E-state index in [0.29, 0.717) is 12.1 Å². The Kier molecular flexibility index (Phi) is 7.62. The molecule has 30 heavy (non-hydrogen) atoms. The molecule has 1 saturated carbocycles. The summed E-state index contributed by atoms with van der Waals surface area (Å²) in [6.07, 6.45) is 7.27. The van der Waals surface area contributed by atoms with E-state index in [1.807, 2.05) is 11.8 Å².